The summed E-state index contributed by atoms with van der Waals surface area (Å²) in [6, 6.07) is 9.22. The Bertz CT molecular complexity index is 694. The first kappa shape index (κ1) is 16.7. The number of nitrogens with zero attached hydrogens (tertiary/aromatic N) is 2. The summed E-state index contributed by atoms with van der Waals surface area (Å²) < 4.78 is 0. The maximum Gasteiger partial charge on any atom is 0.161 e. The van der Waals surface area contributed by atoms with Gasteiger partial charge in [0.1, 0.15) is 11.6 Å². The first-order valence-electron chi connectivity index (χ1n) is 8.41. The number of benzene rings is 1. The van der Waals surface area contributed by atoms with Crippen molar-refractivity contribution in [1.29, 1.82) is 0 Å². The molecule has 0 aliphatic carbocycles. The van der Waals surface area contributed by atoms with Crippen molar-refractivity contribution in [3.63, 3.8) is 0 Å². The molecule has 0 unspecified atom stereocenters. The SMILES string of the molecule is CC1(C)CC(Nc2ccnc(-c3ccc(O)cc3)n2)CC(C)(C)N1. The Labute approximate surface area is 143 Å². The van der Waals surface area contributed by atoms with Crippen molar-refractivity contribution in [3.8, 4) is 17.1 Å². The third-order valence-corrected chi connectivity index (χ3v) is 4.32. The lowest BCUT2D eigenvalue weighted by atomic mass is 9.79. The molecule has 24 heavy (non-hydrogen) atoms. The Morgan fingerprint density at radius 1 is 1.04 bits per heavy atom. The number of piperidine rings is 1. The molecule has 1 aromatic heterocycles. The molecule has 0 saturated carbocycles. The third kappa shape index (κ3) is 4.03. The average Bonchev–Trinajstić information content (AvgIpc) is 2.45. The lowest BCUT2D eigenvalue weighted by Gasteiger charge is -2.46. The van der Waals surface area contributed by atoms with Gasteiger partial charge < -0.3 is 15.7 Å². The van der Waals surface area contributed by atoms with Crippen LogP contribution in [0.5, 0.6) is 5.75 Å². The lowest BCUT2D eigenvalue weighted by Crippen LogP contribution is -2.60. The second kappa shape index (κ2) is 6.06. The molecule has 3 N–H and O–H groups in total. The number of phenolic OH excluding ortho intramolecular Hbond substituents is 1. The molecule has 3 rings (SSSR count). The van der Waals surface area contributed by atoms with Crippen LogP contribution in [0.4, 0.5) is 5.82 Å². The van der Waals surface area contributed by atoms with E-state index in [0.717, 1.165) is 24.2 Å². The summed E-state index contributed by atoms with van der Waals surface area (Å²) in [7, 11) is 0. The second-order valence-electron chi connectivity index (χ2n) is 7.95. The standard InChI is InChI=1S/C19H26N4O/c1-18(2)11-14(12-19(3,4)23-18)21-16-9-10-20-17(22-16)13-5-7-15(24)8-6-13/h5-10,14,23-24H,11-12H2,1-4H3,(H,20,21,22). The third-order valence-electron chi connectivity index (χ3n) is 4.32. The van der Waals surface area contributed by atoms with E-state index in [4.69, 9.17) is 0 Å². The van der Waals surface area contributed by atoms with E-state index in [0.29, 0.717) is 11.9 Å². The summed E-state index contributed by atoms with van der Waals surface area (Å²) in [6.07, 6.45) is 3.85. The van der Waals surface area contributed by atoms with E-state index in [1.54, 1.807) is 18.3 Å². The van der Waals surface area contributed by atoms with Gasteiger partial charge in [0.2, 0.25) is 0 Å². The Balaban J connectivity index is 1.78. The zero-order valence-electron chi connectivity index (χ0n) is 14.8. The van der Waals surface area contributed by atoms with Crippen LogP contribution in [-0.4, -0.2) is 32.2 Å². The molecule has 0 atom stereocenters. The van der Waals surface area contributed by atoms with E-state index in [1.807, 2.05) is 18.2 Å². The molecule has 1 aromatic carbocycles. The number of aromatic hydroxyl groups is 1. The summed E-state index contributed by atoms with van der Waals surface area (Å²) in [6.45, 7) is 8.96. The molecule has 0 radical (unpaired) electrons. The van der Waals surface area contributed by atoms with Crippen LogP contribution < -0.4 is 10.6 Å². The van der Waals surface area contributed by atoms with Crippen LogP contribution in [-0.2, 0) is 0 Å². The van der Waals surface area contributed by atoms with Gasteiger partial charge in [-0.2, -0.15) is 0 Å². The zero-order valence-corrected chi connectivity index (χ0v) is 14.8. The summed E-state index contributed by atoms with van der Waals surface area (Å²) in [5, 5.41) is 16.7. The number of hydrogen-bond donors (Lipinski definition) is 3. The predicted molar refractivity (Wildman–Crippen MR) is 97.1 cm³/mol. The van der Waals surface area contributed by atoms with Crippen molar-refractivity contribution in [1.82, 2.24) is 15.3 Å². The quantitative estimate of drug-likeness (QED) is 0.804. The number of hydrogen-bond acceptors (Lipinski definition) is 5. The molecular formula is C19H26N4O. The van der Waals surface area contributed by atoms with E-state index in [-0.39, 0.29) is 16.8 Å². The molecule has 0 spiro atoms. The fourth-order valence-electron chi connectivity index (χ4n) is 3.82. The van der Waals surface area contributed by atoms with Gasteiger partial charge in [-0.15, -0.1) is 0 Å². The monoisotopic (exact) mass is 326 g/mol. The number of anilines is 1. The number of phenols is 1. The van der Waals surface area contributed by atoms with E-state index in [2.05, 4.69) is 48.3 Å². The van der Waals surface area contributed by atoms with Gasteiger partial charge in [-0.25, -0.2) is 9.97 Å². The first-order valence-corrected chi connectivity index (χ1v) is 8.41. The van der Waals surface area contributed by atoms with Gasteiger partial charge in [-0.1, -0.05) is 0 Å². The van der Waals surface area contributed by atoms with E-state index >= 15 is 0 Å². The van der Waals surface area contributed by atoms with Crippen LogP contribution in [0.25, 0.3) is 11.4 Å². The minimum absolute atomic E-state index is 0.0895. The fourth-order valence-corrected chi connectivity index (χ4v) is 3.82. The zero-order chi connectivity index (χ0) is 17.4. The molecule has 0 amide bonds. The molecule has 128 valence electrons. The van der Waals surface area contributed by atoms with Crippen molar-refractivity contribution in [2.75, 3.05) is 5.32 Å². The van der Waals surface area contributed by atoms with Crippen molar-refractivity contribution in [2.45, 2.75) is 57.7 Å². The summed E-state index contributed by atoms with van der Waals surface area (Å²) in [5.41, 5.74) is 1.07. The Kier molecular flexibility index (Phi) is 4.22. The number of aromatic nitrogens is 2. The molecule has 1 aliphatic heterocycles. The van der Waals surface area contributed by atoms with Crippen molar-refractivity contribution >= 4 is 5.82 Å². The van der Waals surface area contributed by atoms with Crippen LogP contribution >= 0.6 is 0 Å². The van der Waals surface area contributed by atoms with Crippen molar-refractivity contribution in [2.24, 2.45) is 0 Å². The molecule has 5 heteroatoms. The number of nitrogens with one attached hydrogen (secondary N) is 2. The molecule has 1 aliphatic rings. The predicted octanol–water partition coefficient (Wildman–Crippen LogP) is 3.57. The normalized spacial score (nSPS) is 19.8. The van der Waals surface area contributed by atoms with Gasteiger partial charge in [0.05, 0.1) is 0 Å². The maximum absolute atomic E-state index is 9.41. The molecule has 1 saturated heterocycles. The van der Waals surface area contributed by atoms with Gasteiger partial charge in [0, 0.05) is 28.9 Å². The second-order valence-corrected chi connectivity index (χ2v) is 7.95. The minimum Gasteiger partial charge on any atom is -0.508 e. The smallest absolute Gasteiger partial charge is 0.161 e. The van der Waals surface area contributed by atoms with Crippen molar-refractivity contribution in [3.05, 3.63) is 36.5 Å². The summed E-state index contributed by atoms with van der Waals surface area (Å²) >= 11 is 0. The maximum atomic E-state index is 9.41. The summed E-state index contributed by atoms with van der Waals surface area (Å²) in [4.78, 5) is 8.98. The van der Waals surface area contributed by atoms with Crippen LogP contribution in [0.3, 0.4) is 0 Å². The molecular weight excluding hydrogens is 300 g/mol. The summed E-state index contributed by atoms with van der Waals surface area (Å²) in [5.74, 6) is 1.74. The van der Waals surface area contributed by atoms with Gasteiger partial charge in [-0.05, 0) is 70.9 Å². The van der Waals surface area contributed by atoms with E-state index in [9.17, 15) is 5.11 Å². The van der Waals surface area contributed by atoms with Gasteiger partial charge in [0.15, 0.2) is 5.82 Å². The van der Waals surface area contributed by atoms with Gasteiger partial charge in [0.25, 0.3) is 0 Å². The van der Waals surface area contributed by atoms with Crippen LogP contribution in [0.15, 0.2) is 36.5 Å². The Morgan fingerprint density at radius 3 is 2.29 bits per heavy atom. The Hall–Kier alpha value is -2.14. The number of rotatable bonds is 3. The Morgan fingerprint density at radius 2 is 1.67 bits per heavy atom. The molecule has 1 fully saturated rings. The highest BCUT2D eigenvalue weighted by Gasteiger charge is 2.37. The van der Waals surface area contributed by atoms with Gasteiger partial charge in [-0.3, -0.25) is 0 Å². The van der Waals surface area contributed by atoms with Crippen molar-refractivity contribution < 1.29 is 5.11 Å². The topological polar surface area (TPSA) is 70.1 Å². The lowest BCUT2D eigenvalue weighted by molar-refractivity contribution is 0.170. The highest BCUT2D eigenvalue weighted by molar-refractivity contribution is 5.58. The van der Waals surface area contributed by atoms with E-state index < -0.39 is 0 Å². The van der Waals surface area contributed by atoms with E-state index in [1.165, 1.54) is 0 Å². The van der Waals surface area contributed by atoms with Crippen LogP contribution in [0.1, 0.15) is 40.5 Å². The van der Waals surface area contributed by atoms with Crippen LogP contribution in [0.2, 0.25) is 0 Å². The van der Waals surface area contributed by atoms with Gasteiger partial charge >= 0.3 is 0 Å². The highest BCUT2D eigenvalue weighted by Crippen LogP contribution is 2.30. The molecule has 2 aromatic rings. The minimum atomic E-state index is 0.0895. The fraction of sp³-hybridized carbons (Fsp3) is 0.474. The molecule has 0 bridgehead atoms. The highest BCUT2D eigenvalue weighted by atomic mass is 16.3. The molecule has 5 nitrogen and oxygen atoms in total. The van der Waals surface area contributed by atoms with Crippen LogP contribution in [0, 0.1) is 0 Å². The largest absolute Gasteiger partial charge is 0.508 e. The molecule has 2 heterocycles. The average molecular weight is 326 g/mol. The first-order chi connectivity index (χ1) is 11.2.